The van der Waals surface area contributed by atoms with Gasteiger partial charge in [0, 0.05) is 36.7 Å². The Kier molecular flexibility index (Phi) is 6.91. The van der Waals surface area contributed by atoms with Crippen LogP contribution in [-0.4, -0.2) is 15.0 Å². The lowest BCUT2D eigenvalue weighted by Gasteiger charge is -2.30. The van der Waals surface area contributed by atoms with Gasteiger partial charge in [-0.3, -0.25) is 0 Å². The van der Waals surface area contributed by atoms with Crippen LogP contribution in [0.25, 0.3) is 76.3 Å². The Morgan fingerprint density at radius 2 is 1.02 bits per heavy atom. The Bertz CT molecular complexity index is 3140. The van der Waals surface area contributed by atoms with Crippen LogP contribution < -0.4 is 0 Å². The lowest BCUT2D eigenvalue weighted by atomic mass is 9.70. The summed E-state index contributed by atoms with van der Waals surface area (Å²) in [6.07, 6.45) is 9.45. The van der Waals surface area contributed by atoms with Crippen molar-refractivity contribution in [3.05, 3.63) is 210 Å². The Labute approximate surface area is 335 Å². The predicted octanol–water partition coefficient (Wildman–Crippen LogP) is 13.4. The molecule has 0 bridgehead atoms. The van der Waals surface area contributed by atoms with Crippen molar-refractivity contribution >= 4 is 31.5 Å². The van der Waals surface area contributed by atoms with Gasteiger partial charge in [-0.15, -0.1) is 11.3 Å². The maximum atomic E-state index is 5.17. The van der Waals surface area contributed by atoms with Gasteiger partial charge >= 0.3 is 0 Å². The molecule has 57 heavy (non-hydrogen) atoms. The monoisotopic (exact) mass is 745 g/mol. The number of fused-ring (bicyclic) bond motifs is 13. The van der Waals surface area contributed by atoms with E-state index in [0.717, 1.165) is 28.9 Å². The quantitative estimate of drug-likeness (QED) is 0.180. The van der Waals surface area contributed by atoms with Gasteiger partial charge in [-0.25, -0.2) is 15.0 Å². The Morgan fingerprint density at radius 1 is 0.456 bits per heavy atom. The van der Waals surface area contributed by atoms with Crippen LogP contribution in [0.5, 0.6) is 0 Å². The van der Waals surface area contributed by atoms with E-state index in [0.29, 0.717) is 11.6 Å². The highest BCUT2D eigenvalue weighted by molar-refractivity contribution is 7.25. The first-order valence-electron chi connectivity index (χ1n) is 19.7. The van der Waals surface area contributed by atoms with Gasteiger partial charge in [0.1, 0.15) is 5.82 Å². The van der Waals surface area contributed by atoms with Crippen LogP contribution in [0.4, 0.5) is 0 Å². The molecule has 3 aliphatic carbocycles. The summed E-state index contributed by atoms with van der Waals surface area (Å²) in [7, 11) is 0. The zero-order valence-corrected chi connectivity index (χ0v) is 32.1. The second kappa shape index (κ2) is 12.1. The molecule has 12 rings (SSSR count). The third-order valence-corrected chi connectivity index (χ3v) is 13.7. The highest BCUT2D eigenvalue weighted by Crippen LogP contribution is 2.63. The molecule has 9 aromatic rings. The zero-order valence-electron chi connectivity index (χ0n) is 31.3. The van der Waals surface area contributed by atoms with Crippen molar-refractivity contribution in [2.24, 2.45) is 0 Å². The maximum absolute atomic E-state index is 5.17. The fourth-order valence-corrected chi connectivity index (χ4v) is 10.8. The molecule has 2 heterocycles. The van der Waals surface area contributed by atoms with E-state index < -0.39 is 0 Å². The van der Waals surface area contributed by atoms with E-state index >= 15 is 0 Å². The van der Waals surface area contributed by atoms with E-state index in [4.69, 9.17) is 15.0 Å². The maximum Gasteiger partial charge on any atom is 0.163 e. The average molecular weight is 746 g/mol. The summed E-state index contributed by atoms with van der Waals surface area (Å²) in [5, 5.41) is 2.50. The van der Waals surface area contributed by atoms with Gasteiger partial charge in [0.05, 0.1) is 5.41 Å². The van der Waals surface area contributed by atoms with Crippen molar-refractivity contribution in [2.75, 3.05) is 0 Å². The van der Waals surface area contributed by atoms with Crippen LogP contribution in [0.1, 0.15) is 41.4 Å². The van der Waals surface area contributed by atoms with Gasteiger partial charge in [0.15, 0.2) is 11.6 Å². The number of rotatable bonds is 4. The summed E-state index contributed by atoms with van der Waals surface area (Å²) in [5.41, 5.74) is 14.3. The summed E-state index contributed by atoms with van der Waals surface area (Å²) in [5.74, 6) is 2.16. The van der Waals surface area contributed by atoms with Gasteiger partial charge in [0.2, 0.25) is 0 Å². The molecule has 0 radical (unpaired) electrons. The minimum atomic E-state index is -0.337. The molecular weight excluding hydrogens is 711 g/mol. The van der Waals surface area contributed by atoms with Crippen molar-refractivity contribution in [3.8, 4) is 56.2 Å². The second-order valence-electron chi connectivity index (χ2n) is 15.7. The lowest BCUT2D eigenvalue weighted by molar-refractivity contribution is 0.554. The van der Waals surface area contributed by atoms with Crippen molar-refractivity contribution < 1.29 is 0 Å². The molecule has 0 saturated heterocycles. The van der Waals surface area contributed by atoms with E-state index in [9.17, 15) is 0 Å². The zero-order chi connectivity index (χ0) is 37.7. The summed E-state index contributed by atoms with van der Waals surface area (Å²) in [6.45, 7) is 2.22. The first-order valence-corrected chi connectivity index (χ1v) is 20.5. The van der Waals surface area contributed by atoms with Gasteiger partial charge in [-0.1, -0.05) is 152 Å². The fourth-order valence-electron chi connectivity index (χ4n) is 9.74. The van der Waals surface area contributed by atoms with Crippen molar-refractivity contribution in [2.45, 2.75) is 24.2 Å². The number of benzene rings is 7. The van der Waals surface area contributed by atoms with Crippen molar-refractivity contribution in [1.82, 2.24) is 15.0 Å². The highest BCUT2D eigenvalue weighted by Gasteiger charge is 2.51. The van der Waals surface area contributed by atoms with E-state index in [1.807, 2.05) is 11.3 Å². The van der Waals surface area contributed by atoms with Crippen LogP contribution in [0.15, 0.2) is 182 Å². The summed E-state index contributed by atoms with van der Waals surface area (Å²) >= 11 is 1.82. The molecule has 268 valence electrons. The van der Waals surface area contributed by atoms with E-state index in [-0.39, 0.29) is 10.8 Å². The molecular formula is C53H35N3S. The Hall–Kier alpha value is -6.75. The van der Waals surface area contributed by atoms with E-state index in [1.54, 1.807) is 0 Å². The first-order chi connectivity index (χ1) is 28.1. The van der Waals surface area contributed by atoms with Crippen LogP contribution >= 0.6 is 11.3 Å². The van der Waals surface area contributed by atoms with E-state index in [2.05, 4.69) is 189 Å². The van der Waals surface area contributed by atoms with E-state index in [1.165, 1.54) is 70.2 Å². The second-order valence-corrected chi connectivity index (χ2v) is 16.8. The minimum Gasteiger partial charge on any atom is -0.212 e. The van der Waals surface area contributed by atoms with Crippen LogP contribution in [0.2, 0.25) is 0 Å². The predicted molar refractivity (Wildman–Crippen MR) is 236 cm³/mol. The minimum absolute atomic E-state index is 0.335. The number of aromatic nitrogens is 3. The molecule has 3 nitrogen and oxygen atoms in total. The molecule has 7 aromatic carbocycles. The largest absolute Gasteiger partial charge is 0.212 e. The van der Waals surface area contributed by atoms with Crippen LogP contribution in [-0.2, 0) is 10.8 Å². The SMILES string of the molecule is CC1(c2nc(-c3ccc(-c4ccc5c(c4)-c4ccccc4C54c5ccccc5-c5ccccc54)cc3)nc(-c3ccc4sc5ccccc5c4c3)n2)C=CC=CC1. The van der Waals surface area contributed by atoms with Gasteiger partial charge < -0.3 is 0 Å². The summed E-state index contributed by atoms with van der Waals surface area (Å²) < 4.78 is 2.55. The third kappa shape index (κ3) is 4.68. The molecule has 0 aliphatic heterocycles. The molecule has 1 unspecified atom stereocenters. The van der Waals surface area contributed by atoms with Crippen molar-refractivity contribution in [1.29, 1.82) is 0 Å². The number of nitrogens with zero attached hydrogens (tertiary/aromatic N) is 3. The molecule has 0 fully saturated rings. The molecule has 0 saturated carbocycles. The molecule has 4 heteroatoms. The normalized spacial score (nSPS) is 16.9. The molecule has 1 spiro atoms. The average Bonchev–Trinajstić information content (AvgIpc) is 3.90. The number of hydrogen-bond acceptors (Lipinski definition) is 4. The van der Waals surface area contributed by atoms with Gasteiger partial charge in [-0.05, 0) is 99.3 Å². The first kappa shape index (κ1) is 32.5. The molecule has 0 N–H and O–H groups in total. The molecule has 3 aliphatic rings. The lowest BCUT2D eigenvalue weighted by Crippen LogP contribution is -2.25. The standard InChI is InChI=1S/C53H35N3S/c1-52(29-11-2-12-30-52)51-55-49(54-50(56-51)36-26-28-48-42(32-36)40-16-6-10-20-47(40)57-48)34-23-21-33(22-24-34)35-25-27-46-41(31-35)39-15-5-9-19-45(39)53(46)43-17-7-3-13-37(43)38-14-4-8-18-44(38)53/h2-29,31-32H,30H2,1H3. The molecule has 0 amide bonds. The third-order valence-electron chi connectivity index (χ3n) is 12.5. The van der Waals surface area contributed by atoms with Gasteiger partial charge in [0.25, 0.3) is 0 Å². The number of thiophene rings is 1. The topological polar surface area (TPSA) is 38.7 Å². The Morgan fingerprint density at radius 3 is 1.72 bits per heavy atom. The van der Waals surface area contributed by atoms with Gasteiger partial charge in [-0.2, -0.15) is 0 Å². The van der Waals surface area contributed by atoms with Crippen LogP contribution in [0.3, 0.4) is 0 Å². The van der Waals surface area contributed by atoms with Crippen molar-refractivity contribution in [3.63, 3.8) is 0 Å². The van der Waals surface area contributed by atoms with Crippen LogP contribution in [0, 0.1) is 0 Å². The number of hydrogen-bond donors (Lipinski definition) is 0. The molecule has 2 aromatic heterocycles. The fraction of sp³-hybridized carbons (Fsp3) is 0.0755. The highest BCUT2D eigenvalue weighted by atomic mass is 32.1. The number of allylic oxidation sites excluding steroid dienone is 4. The Balaban J connectivity index is 0.964. The summed E-state index contributed by atoms with van der Waals surface area (Å²) in [4.78, 5) is 15.5. The smallest absolute Gasteiger partial charge is 0.163 e. The molecule has 1 atom stereocenters. The summed E-state index contributed by atoms with van der Waals surface area (Å²) in [6, 6.07) is 58.0.